The van der Waals surface area contributed by atoms with E-state index in [0.29, 0.717) is 18.7 Å². The van der Waals surface area contributed by atoms with Gasteiger partial charge in [0.05, 0.1) is 19.3 Å². The smallest absolute Gasteiger partial charge is 0.314 e. The van der Waals surface area contributed by atoms with Gasteiger partial charge in [-0.15, -0.1) is 0 Å². The number of esters is 1. The SMILES string of the molecule is CCOC(=O)CCNC(=O)NCCn1ccc2ccoc2c1=O. The first-order valence-corrected chi connectivity index (χ1v) is 7.35. The van der Waals surface area contributed by atoms with E-state index in [2.05, 4.69) is 10.6 Å². The maximum Gasteiger partial charge on any atom is 0.314 e. The normalized spacial score (nSPS) is 10.5. The van der Waals surface area contributed by atoms with Crippen LogP contribution in [0.4, 0.5) is 4.79 Å². The number of aromatic nitrogens is 1. The summed E-state index contributed by atoms with van der Waals surface area (Å²) >= 11 is 0. The van der Waals surface area contributed by atoms with Gasteiger partial charge < -0.3 is 24.4 Å². The third kappa shape index (κ3) is 4.60. The zero-order valence-corrected chi connectivity index (χ0v) is 12.8. The van der Waals surface area contributed by atoms with E-state index >= 15 is 0 Å². The Morgan fingerprint density at radius 2 is 2.04 bits per heavy atom. The molecule has 2 rings (SSSR count). The van der Waals surface area contributed by atoms with Gasteiger partial charge in [-0.25, -0.2) is 4.79 Å². The van der Waals surface area contributed by atoms with E-state index in [1.54, 1.807) is 25.3 Å². The summed E-state index contributed by atoms with van der Waals surface area (Å²) in [5.41, 5.74) is 0.0587. The van der Waals surface area contributed by atoms with Crippen molar-refractivity contribution in [3.8, 4) is 0 Å². The first-order valence-electron chi connectivity index (χ1n) is 7.35. The quantitative estimate of drug-likeness (QED) is 0.736. The molecule has 2 heterocycles. The molecule has 0 radical (unpaired) electrons. The maximum absolute atomic E-state index is 12.1. The highest BCUT2D eigenvalue weighted by atomic mass is 16.5. The number of hydrogen-bond acceptors (Lipinski definition) is 5. The number of amides is 2. The minimum absolute atomic E-state index is 0.121. The molecule has 0 aliphatic carbocycles. The number of nitrogens with one attached hydrogen (secondary N) is 2. The van der Waals surface area contributed by atoms with Gasteiger partial charge in [-0.1, -0.05) is 0 Å². The number of rotatable bonds is 7. The summed E-state index contributed by atoms with van der Waals surface area (Å²) in [5.74, 6) is -0.355. The molecule has 0 aliphatic heterocycles. The van der Waals surface area contributed by atoms with E-state index in [4.69, 9.17) is 9.15 Å². The Morgan fingerprint density at radius 1 is 1.26 bits per heavy atom. The Balaban J connectivity index is 1.73. The topological polar surface area (TPSA) is 103 Å². The predicted molar refractivity (Wildman–Crippen MR) is 83.1 cm³/mol. The minimum atomic E-state index is -0.401. The number of pyridine rings is 1. The number of nitrogens with zero attached hydrogens (tertiary/aromatic N) is 1. The van der Waals surface area contributed by atoms with Crippen LogP contribution in [0.25, 0.3) is 11.0 Å². The van der Waals surface area contributed by atoms with Gasteiger partial charge in [0.25, 0.3) is 5.56 Å². The molecule has 0 aliphatic rings. The first-order chi connectivity index (χ1) is 11.1. The van der Waals surface area contributed by atoms with E-state index in [9.17, 15) is 14.4 Å². The van der Waals surface area contributed by atoms with Crippen molar-refractivity contribution in [2.45, 2.75) is 19.9 Å². The molecule has 0 unspecified atom stereocenters. The Hall–Kier alpha value is -2.77. The van der Waals surface area contributed by atoms with Gasteiger partial charge >= 0.3 is 12.0 Å². The van der Waals surface area contributed by atoms with Crippen molar-refractivity contribution in [1.29, 1.82) is 0 Å². The lowest BCUT2D eigenvalue weighted by Crippen LogP contribution is -2.39. The van der Waals surface area contributed by atoms with Crippen LogP contribution >= 0.6 is 0 Å². The van der Waals surface area contributed by atoms with Crippen molar-refractivity contribution in [3.63, 3.8) is 0 Å². The maximum atomic E-state index is 12.1. The fraction of sp³-hybridized carbons (Fsp3) is 0.400. The average molecular weight is 321 g/mol. The molecule has 8 heteroatoms. The van der Waals surface area contributed by atoms with Crippen LogP contribution < -0.4 is 16.2 Å². The van der Waals surface area contributed by atoms with Crippen molar-refractivity contribution in [2.24, 2.45) is 0 Å². The number of hydrogen-bond donors (Lipinski definition) is 2. The number of fused-ring (bicyclic) bond motifs is 1. The van der Waals surface area contributed by atoms with E-state index in [0.717, 1.165) is 5.39 Å². The summed E-state index contributed by atoms with van der Waals surface area (Å²) < 4.78 is 11.3. The molecule has 23 heavy (non-hydrogen) atoms. The van der Waals surface area contributed by atoms with E-state index < -0.39 is 6.03 Å². The molecule has 8 nitrogen and oxygen atoms in total. The molecular formula is C15H19N3O5. The van der Waals surface area contributed by atoms with Crippen LogP contribution in [0.1, 0.15) is 13.3 Å². The number of carbonyl (C=O) groups is 2. The third-order valence-electron chi connectivity index (χ3n) is 3.14. The third-order valence-corrected chi connectivity index (χ3v) is 3.14. The molecule has 2 N–H and O–H groups in total. The van der Waals surface area contributed by atoms with E-state index in [1.165, 1.54) is 10.8 Å². The van der Waals surface area contributed by atoms with Gasteiger partial charge in [-0.3, -0.25) is 9.59 Å². The summed E-state index contributed by atoms with van der Waals surface area (Å²) in [6.45, 7) is 2.83. The van der Waals surface area contributed by atoms with Crippen molar-refractivity contribution in [1.82, 2.24) is 15.2 Å². The van der Waals surface area contributed by atoms with Crippen LogP contribution in [0, 0.1) is 0 Å². The number of carbonyl (C=O) groups excluding carboxylic acids is 2. The zero-order valence-electron chi connectivity index (χ0n) is 12.8. The molecule has 2 aromatic rings. The minimum Gasteiger partial charge on any atom is -0.466 e. The van der Waals surface area contributed by atoms with Gasteiger partial charge in [0.1, 0.15) is 0 Å². The van der Waals surface area contributed by atoms with Crippen molar-refractivity contribution in [2.75, 3.05) is 19.7 Å². The fourth-order valence-corrected chi connectivity index (χ4v) is 2.03. The molecule has 2 amide bonds. The molecule has 0 spiro atoms. The summed E-state index contributed by atoms with van der Waals surface area (Å²) in [7, 11) is 0. The lowest BCUT2D eigenvalue weighted by Gasteiger charge is -2.09. The van der Waals surface area contributed by atoms with Crippen LogP contribution in [-0.2, 0) is 16.1 Å². The van der Waals surface area contributed by atoms with Gasteiger partial charge in [-0.2, -0.15) is 0 Å². The number of ether oxygens (including phenoxy) is 1. The first kappa shape index (κ1) is 16.6. The number of furan rings is 1. The highest BCUT2D eigenvalue weighted by Crippen LogP contribution is 2.09. The predicted octanol–water partition coefficient (Wildman–Crippen LogP) is 0.847. The number of urea groups is 1. The molecule has 0 bridgehead atoms. The Bertz CT molecular complexity index is 734. The Morgan fingerprint density at radius 3 is 2.83 bits per heavy atom. The lowest BCUT2D eigenvalue weighted by molar-refractivity contribution is -0.142. The molecule has 0 aromatic carbocycles. The summed E-state index contributed by atoms with van der Waals surface area (Å²) in [6.07, 6.45) is 3.24. The lowest BCUT2D eigenvalue weighted by atomic mass is 10.3. The standard InChI is InChI=1S/C15H19N3O5/c1-2-22-12(19)3-6-16-15(21)17-7-9-18-8-4-11-5-10-23-13(11)14(18)20/h4-5,8,10H,2-3,6-7,9H2,1H3,(H2,16,17,21). The molecular weight excluding hydrogens is 302 g/mol. The Labute approximate surface area is 132 Å². The summed E-state index contributed by atoms with van der Waals surface area (Å²) in [4.78, 5) is 34.7. The second kappa shape index (κ2) is 8.02. The van der Waals surface area contributed by atoms with Crippen molar-refractivity contribution < 1.29 is 18.7 Å². The van der Waals surface area contributed by atoms with Gasteiger partial charge in [0.2, 0.25) is 0 Å². The molecule has 124 valence electrons. The van der Waals surface area contributed by atoms with Gasteiger partial charge in [0, 0.05) is 31.2 Å². The zero-order chi connectivity index (χ0) is 16.7. The highest BCUT2D eigenvalue weighted by molar-refractivity contribution is 5.76. The summed E-state index contributed by atoms with van der Waals surface area (Å²) in [5, 5.41) is 5.90. The van der Waals surface area contributed by atoms with Crippen LogP contribution in [0.15, 0.2) is 33.8 Å². The van der Waals surface area contributed by atoms with Crippen LogP contribution in [0.3, 0.4) is 0 Å². The van der Waals surface area contributed by atoms with E-state index in [-0.39, 0.29) is 31.0 Å². The van der Waals surface area contributed by atoms with Gasteiger partial charge in [0.15, 0.2) is 5.58 Å². The van der Waals surface area contributed by atoms with Crippen LogP contribution in [-0.4, -0.2) is 36.3 Å². The second-order valence-electron chi connectivity index (χ2n) is 4.76. The molecule has 0 saturated heterocycles. The van der Waals surface area contributed by atoms with Crippen molar-refractivity contribution in [3.05, 3.63) is 34.9 Å². The van der Waals surface area contributed by atoms with Crippen LogP contribution in [0.2, 0.25) is 0 Å². The summed E-state index contributed by atoms with van der Waals surface area (Å²) in [6, 6.07) is 3.09. The van der Waals surface area contributed by atoms with Crippen molar-refractivity contribution >= 4 is 23.0 Å². The fourth-order valence-electron chi connectivity index (χ4n) is 2.03. The molecule has 0 saturated carbocycles. The highest BCUT2D eigenvalue weighted by Gasteiger charge is 2.06. The largest absolute Gasteiger partial charge is 0.466 e. The monoisotopic (exact) mass is 321 g/mol. The molecule has 0 fully saturated rings. The Kier molecular flexibility index (Phi) is 5.79. The van der Waals surface area contributed by atoms with Gasteiger partial charge in [-0.05, 0) is 19.1 Å². The average Bonchev–Trinajstić information content (AvgIpc) is 2.99. The molecule has 2 aromatic heterocycles. The second-order valence-corrected chi connectivity index (χ2v) is 4.76. The molecule has 0 atom stereocenters. The van der Waals surface area contributed by atoms with Crippen LogP contribution in [0.5, 0.6) is 0 Å². The van der Waals surface area contributed by atoms with E-state index in [1.807, 2.05) is 0 Å².